The Morgan fingerprint density at radius 1 is 1.19 bits per heavy atom. The van der Waals surface area contributed by atoms with Crippen molar-refractivity contribution in [2.24, 2.45) is 5.73 Å². The highest BCUT2D eigenvalue weighted by Crippen LogP contribution is 2.66. The molecule has 2 aromatic heterocycles. The van der Waals surface area contributed by atoms with Gasteiger partial charge in [-0.15, -0.1) is 0 Å². The molecule has 0 aromatic carbocycles. The van der Waals surface area contributed by atoms with E-state index in [0.29, 0.717) is 5.56 Å². The Morgan fingerprint density at radius 3 is 2.47 bits per heavy atom. The van der Waals surface area contributed by atoms with Crippen molar-refractivity contribution < 1.29 is 56.3 Å². The third-order valence-electron chi connectivity index (χ3n) is 4.32. The highest BCUT2D eigenvalue weighted by atomic mass is 31.3. The van der Waals surface area contributed by atoms with Gasteiger partial charge in [-0.3, -0.25) is 4.52 Å². The standard InChI is InChI=1S/C11H19N6O12P3/c1-11(13)7(18)6(3-26-31(22,23)29-32(24,25)28-30(19,20)21)27-8(11)5-2-16-17-9(5)14-4-15-10(17)12/h2,4,6-8,18H,3,13H2,1H3,(H,22,23)(H,24,25)(H2,12,14,15)(H2,19,20,21)/t6-,7-,8+,11-/m1/s1. The third-order valence-corrected chi connectivity index (χ3v) is 8.13. The molecule has 32 heavy (non-hydrogen) atoms. The Hall–Kier alpha value is -1.36. The van der Waals surface area contributed by atoms with Crippen molar-refractivity contribution in [1.29, 1.82) is 0 Å². The molecule has 180 valence electrons. The first-order valence-electron chi connectivity index (χ1n) is 8.37. The highest BCUT2D eigenvalue weighted by molar-refractivity contribution is 7.66. The molecule has 1 fully saturated rings. The second-order valence-electron chi connectivity index (χ2n) is 6.82. The first kappa shape index (κ1) is 25.3. The summed E-state index contributed by atoms with van der Waals surface area (Å²) in [6, 6.07) is 0. The third kappa shape index (κ3) is 5.40. The molecule has 6 atom stereocenters. The molecule has 1 aliphatic heterocycles. The zero-order chi connectivity index (χ0) is 24.1. The zero-order valence-electron chi connectivity index (χ0n) is 16.0. The molecule has 0 bridgehead atoms. The van der Waals surface area contributed by atoms with Gasteiger partial charge < -0.3 is 40.9 Å². The number of phosphoric ester groups is 1. The van der Waals surface area contributed by atoms with Crippen LogP contribution in [0.5, 0.6) is 0 Å². The molecule has 3 rings (SSSR count). The minimum atomic E-state index is -5.69. The molecule has 1 saturated heterocycles. The molecular formula is C11H19N6O12P3. The number of ether oxygens (including phenoxy) is 1. The smallest absolute Gasteiger partial charge is 0.388 e. The summed E-state index contributed by atoms with van der Waals surface area (Å²) in [6.45, 7) is 0.533. The van der Waals surface area contributed by atoms with Gasteiger partial charge in [0.05, 0.1) is 18.3 Å². The number of anilines is 1. The summed E-state index contributed by atoms with van der Waals surface area (Å²) >= 11 is 0. The molecule has 0 radical (unpaired) electrons. The van der Waals surface area contributed by atoms with Crippen LogP contribution >= 0.6 is 23.5 Å². The SMILES string of the molecule is C[C@@]1(N)[C@H](O)[C@@H](COP(=O)(O)OP(=O)(O)OP(=O)(O)O)O[C@H]1c1cnn2c(N)ncnc12. The van der Waals surface area contributed by atoms with E-state index < -0.39 is 53.9 Å². The minimum absolute atomic E-state index is 0.0164. The van der Waals surface area contributed by atoms with E-state index in [-0.39, 0.29) is 11.6 Å². The fourth-order valence-corrected chi connectivity index (χ4v) is 6.02. The number of hydrogen-bond acceptors (Lipinski definition) is 13. The number of fused-ring (bicyclic) bond motifs is 1. The maximum atomic E-state index is 11.9. The van der Waals surface area contributed by atoms with Gasteiger partial charge in [-0.1, -0.05) is 0 Å². The van der Waals surface area contributed by atoms with Crippen molar-refractivity contribution in [1.82, 2.24) is 19.6 Å². The molecule has 0 saturated carbocycles. The molecular weight excluding hydrogens is 501 g/mol. The largest absolute Gasteiger partial charge is 0.490 e. The molecule has 2 aromatic rings. The number of nitrogen functional groups attached to an aromatic ring is 1. The summed E-state index contributed by atoms with van der Waals surface area (Å²) in [7, 11) is -16.6. The molecule has 9 N–H and O–H groups in total. The maximum Gasteiger partial charge on any atom is 0.490 e. The van der Waals surface area contributed by atoms with Gasteiger partial charge in [0.1, 0.15) is 24.6 Å². The fraction of sp³-hybridized carbons (Fsp3) is 0.545. The van der Waals surface area contributed by atoms with E-state index >= 15 is 0 Å². The van der Waals surface area contributed by atoms with Crippen LogP contribution in [0.1, 0.15) is 18.6 Å². The van der Waals surface area contributed by atoms with Gasteiger partial charge in [0.2, 0.25) is 5.95 Å². The summed E-state index contributed by atoms with van der Waals surface area (Å²) < 4.78 is 52.5. The van der Waals surface area contributed by atoms with E-state index in [2.05, 4.69) is 28.2 Å². The topological polar surface area (TPSA) is 284 Å². The lowest BCUT2D eigenvalue weighted by Crippen LogP contribution is -2.50. The molecule has 18 nitrogen and oxygen atoms in total. The van der Waals surface area contributed by atoms with Crippen LogP contribution in [0.4, 0.5) is 5.95 Å². The van der Waals surface area contributed by atoms with Gasteiger partial charge in [0.25, 0.3) is 0 Å². The van der Waals surface area contributed by atoms with Gasteiger partial charge in [-0.05, 0) is 6.92 Å². The second kappa shape index (κ2) is 8.45. The first-order valence-corrected chi connectivity index (χ1v) is 12.9. The lowest BCUT2D eigenvalue weighted by atomic mass is 9.87. The van der Waals surface area contributed by atoms with E-state index in [4.69, 9.17) is 26.0 Å². The number of aliphatic hydroxyl groups excluding tert-OH is 1. The van der Waals surface area contributed by atoms with E-state index in [1.54, 1.807) is 0 Å². The van der Waals surface area contributed by atoms with Crippen molar-refractivity contribution >= 4 is 35.1 Å². The van der Waals surface area contributed by atoms with E-state index in [0.717, 1.165) is 0 Å². The fourth-order valence-electron chi connectivity index (χ4n) is 3.00. The van der Waals surface area contributed by atoms with Crippen LogP contribution in [0, 0.1) is 0 Å². The van der Waals surface area contributed by atoms with Crippen molar-refractivity contribution in [2.45, 2.75) is 30.8 Å². The highest BCUT2D eigenvalue weighted by Gasteiger charge is 2.53. The van der Waals surface area contributed by atoms with Crippen molar-refractivity contribution in [3.63, 3.8) is 0 Å². The monoisotopic (exact) mass is 520 g/mol. The van der Waals surface area contributed by atoms with Crippen LogP contribution in [0.25, 0.3) is 5.65 Å². The molecule has 0 spiro atoms. The summed E-state index contributed by atoms with van der Waals surface area (Å²) in [5, 5.41) is 14.5. The van der Waals surface area contributed by atoms with Crippen LogP contribution in [-0.2, 0) is 31.6 Å². The molecule has 2 unspecified atom stereocenters. The number of phosphoric acid groups is 3. The quantitative estimate of drug-likeness (QED) is 0.196. The summed E-state index contributed by atoms with van der Waals surface area (Å²) in [5.41, 5.74) is 10.9. The average molecular weight is 520 g/mol. The number of nitrogens with zero attached hydrogens (tertiary/aromatic N) is 4. The average Bonchev–Trinajstić information content (AvgIpc) is 3.11. The van der Waals surface area contributed by atoms with Gasteiger partial charge in [0, 0.05) is 5.56 Å². The van der Waals surface area contributed by atoms with E-state index in [1.165, 1.54) is 24.0 Å². The lowest BCUT2D eigenvalue weighted by molar-refractivity contribution is -0.0218. The van der Waals surface area contributed by atoms with Gasteiger partial charge >= 0.3 is 23.5 Å². The Bertz CT molecular complexity index is 1150. The maximum absolute atomic E-state index is 11.9. The van der Waals surface area contributed by atoms with E-state index in [1.807, 2.05) is 0 Å². The van der Waals surface area contributed by atoms with Crippen LogP contribution in [0.15, 0.2) is 12.5 Å². The van der Waals surface area contributed by atoms with Crippen LogP contribution in [0.3, 0.4) is 0 Å². The van der Waals surface area contributed by atoms with Crippen LogP contribution in [0.2, 0.25) is 0 Å². The zero-order valence-corrected chi connectivity index (χ0v) is 18.7. The van der Waals surface area contributed by atoms with Crippen molar-refractivity contribution in [2.75, 3.05) is 12.3 Å². The Morgan fingerprint density at radius 2 is 1.84 bits per heavy atom. The second-order valence-corrected chi connectivity index (χ2v) is 11.2. The molecule has 1 aliphatic rings. The molecule has 3 heterocycles. The minimum Gasteiger partial charge on any atom is -0.388 e. The Balaban J connectivity index is 1.74. The molecule has 0 aliphatic carbocycles. The van der Waals surface area contributed by atoms with Crippen LogP contribution < -0.4 is 11.5 Å². The van der Waals surface area contributed by atoms with E-state index in [9.17, 15) is 28.6 Å². The predicted molar refractivity (Wildman–Crippen MR) is 101 cm³/mol. The molecule has 0 amide bonds. The number of nitrogens with two attached hydrogens (primary N) is 2. The normalized spacial score (nSPS) is 30.3. The van der Waals surface area contributed by atoms with Crippen LogP contribution in [-0.4, -0.2) is 68.6 Å². The lowest BCUT2D eigenvalue weighted by Gasteiger charge is -2.27. The summed E-state index contributed by atoms with van der Waals surface area (Å²) in [4.78, 5) is 43.6. The van der Waals surface area contributed by atoms with Gasteiger partial charge in [0.15, 0.2) is 5.65 Å². The number of hydrogen-bond donors (Lipinski definition) is 7. The summed E-state index contributed by atoms with van der Waals surface area (Å²) in [6.07, 6.45) is -1.41. The predicted octanol–water partition coefficient (Wildman–Crippen LogP) is -1.43. The van der Waals surface area contributed by atoms with Crippen molar-refractivity contribution in [3.05, 3.63) is 18.1 Å². The molecule has 21 heteroatoms. The summed E-state index contributed by atoms with van der Waals surface area (Å²) in [5.74, 6) is 0.0164. The first-order chi connectivity index (χ1) is 14.5. The Kier molecular flexibility index (Phi) is 6.67. The number of rotatable bonds is 8. The van der Waals surface area contributed by atoms with Gasteiger partial charge in [-0.2, -0.15) is 18.2 Å². The Labute approximate surface area is 178 Å². The van der Waals surface area contributed by atoms with Crippen molar-refractivity contribution in [3.8, 4) is 0 Å². The number of aliphatic hydroxyl groups is 1. The van der Waals surface area contributed by atoms with Gasteiger partial charge in [-0.25, -0.2) is 23.7 Å². The number of aromatic nitrogens is 4.